The molecule has 94 valence electrons. The maximum atomic E-state index is 10.3. The Balaban J connectivity index is 2.44. The van der Waals surface area contributed by atoms with Gasteiger partial charge in [0.05, 0.1) is 0 Å². The van der Waals surface area contributed by atoms with Crippen LogP contribution in [0.2, 0.25) is 0 Å². The number of aromatic hydroxyl groups is 2. The molecule has 0 aromatic heterocycles. The van der Waals surface area contributed by atoms with Gasteiger partial charge >= 0.3 is 0 Å². The molecule has 0 saturated carbocycles. The minimum Gasteiger partial charge on any atom is -0.508 e. The fraction of sp³-hybridized carbons (Fsp3) is 0.250. The van der Waals surface area contributed by atoms with Crippen molar-refractivity contribution in [1.82, 2.24) is 0 Å². The summed E-state index contributed by atoms with van der Waals surface area (Å²) in [6.07, 6.45) is 2.70. The van der Waals surface area contributed by atoms with E-state index in [1.54, 1.807) is 12.1 Å². The van der Waals surface area contributed by atoms with Gasteiger partial charge in [0.2, 0.25) is 0 Å². The van der Waals surface area contributed by atoms with Crippen molar-refractivity contribution in [2.45, 2.75) is 26.2 Å². The fourth-order valence-electron chi connectivity index (χ4n) is 2.08. The molecular weight excluding hydrogens is 224 g/mol. The number of phenolic OH excluding ortho intramolecular Hbond substituents is 2. The summed E-state index contributed by atoms with van der Waals surface area (Å²) in [5, 5.41) is 20.1. The predicted octanol–water partition coefficient (Wildman–Crippen LogP) is 4.11. The van der Waals surface area contributed by atoms with Crippen molar-refractivity contribution in [3.8, 4) is 22.6 Å². The average Bonchev–Trinajstić information content (AvgIpc) is 2.40. The molecule has 0 spiro atoms. The van der Waals surface area contributed by atoms with Crippen LogP contribution >= 0.6 is 0 Å². The molecule has 0 aliphatic carbocycles. The second kappa shape index (κ2) is 5.58. The van der Waals surface area contributed by atoms with Gasteiger partial charge in [-0.1, -0.05) is 43.7 Å². The first-order chi connectivity index (χ1) is 8.74. The van der Waals surface area contributed by atoms with Crippen molar-refractivity contribution in [1.29, 1.82) is 0 Å². The van der Waals surface area contributed by atoms with Crippen LogP contribution in [0.5, 0.6) is 11.5 Å². The number of phenols is 2. The zero-order valence-corrected chi connectivity index (χ0v) is 10.6. The minimum atomic E-state index is 0.181. The first-order valence-electron chi connectivity index (χ1n) is 6.33. The summed E-state index contributed by atoms with van der Waals surface area (Å²) in [5.74, 6) is 0.385. The third kappa shape index (κ3) is 2.48. The summed E-state index contributed by atoms with van der Waals surface area (Å²) in [6.45, 7) is 2.09. The Kier molecular flexibility index (Phi) is 3.88. The number of benzene rings is 2. The maximum absolute atomic E-state index is 10.3. The van der Waals surface area contributed by atoms with Crippen molar-refractivity contribution < 1.29 is 10.2 Å². The van der Waals surface area contributed by atoms with Crippen LogP contribution < -0.4 is 0 Å². The molecule has 0 aliphatic heterocycles. The van der Waals surface area contributed by atoms with E-state index in [-0.39, 0.29) is 11.5 Å². The van der Waals surface area contributed by atoms with Gasteiger partial charge < -0.3 is 10.2 Å². The van der Waals surface area contributed by atoms with E-state index >= 15 is 0 Å². The number of hydrogen-bond acceptors (Lipinski definition) is 2. The summed E-state index contributed by atoms with van der Waals surface area (Å²) < 4.78 is 0. The molecular formula is C16H18O2. The molecule has 0 aliphatic rings. The smallest absolute Gasteiger partial charge is 0.130 e. The second-order valence-corrected chi connectivity index (χ2v) is 4.43. The Bertz CT molecular complexity index is 518. The first kappa shape index (κ1) is 12.5. The summed E-state index contributed by atoms with van der Waals surface area (Å²) in [6, 6.07) is 13.1. The lowest BCUT2D eigenvalue weighted by molar-refractivity contribution is 0.438. The van der Waals surface area contributed by atoms with Crippen LogP contribution in [0.4, 0.5) is 0 Å². The van der Waals surface area contributed by atoms with Gasteiger partial charge in [0.15, 0.2) is 0 Å². The Morgan fingerprint density at radius 1 is 0.944 bits per heavy atom. The van der Waals surface area contributed by atoms with E-state index in [0.717, 1.165) is 24.0 Å². The van der Waals surface area contributed by atoms with Gasteiger partial charge in [0.25, 0.3) is 0 Å². The Labute approximate surface area is 108 Å². The monoisotopic (exact) mass is 242 g/mol. The molecule has 0 bridgehead atoms. The van der Waals surface area contributed by atoms with Gasteiger partial charge in [-0.2, -0.15) is 0 Å². The number of hydrogen-bond donors (Lipinski definition) is 2. The van der Waals surface area contributed by atoms with Crippen LogP contribution in [0.15, 0.2) is 42.5 Å². The maximum Gasteiger partial charge on any atom is 0.130 e. The van der Waals surface area contributed by atoms with Crippen LogP contribution in [0, 0.1) is 0 Å². The van der Waals surface area contributed by atoms with E-state index in [1.165, 1.54) is 0 Å². The zero-order chi connectivity index (χ0) is 13.0. The highest BCUT2D eigenvalue weighted by Crippen LogP contribution is 2.37. The topological polar surface area (TPSA) is 40.5 Å². The molecule has 2 aromatic rings. The van der Waals surface area contributed by atoms with Crippen molar-refractivity contribution in [2.75, 3.05) is 0 Å². The average molecular weight is 242 g/mol. The van der Waals surface area contributed by atoms with Crippen molar-refractivity contribution in [3.63, 3.8) is 0 Å². The molecule has 2 nitrogen and oxygen atoms in total. The largest absolute Gasteiger partial charge is 0.508 e. The highest BCUT2D eigenvalue weighted by atomic mass is 16.3. The van der Waals surface area contributed by atoms with Gasteiger partial charge in [-0.15, -0.1) is 0 Å². The van der Waals surface area contributed by atoms with Crippen molar-refractivity contribution >= 4 is 0 Å². The summed E-state index contributed by atoms with van der Waals surface area (Å²) >= 11 is 0. The summed E-state index contributed by atoms with van der Waals surface area (Å²) in [7, 11) is 0. The molecule has 0 amide bonds. The van der Waals surface area contributed by atoms with Crippen molar-refractivity contribution in [3.05, 3.63) is 48.0 Å². The number of unbranched alkanes of at least 4 members (excludes halogenated alkanes) is 1. The quantitative estimate of drug-likeness (QED) is 0.847. The molecule has 0 unspecified atom stereocenters. The molecule has 0 heterocycles. The first-order valence-corrected chi connectivity index (χ1v) is 6.33. The molecule has 2 N–H and O–H groups in total. The molecule has 0 fully saturated rings. The lowest BCUT2D eigenvalue weighted by Crippen LogP contribution is -1.90. The van der Waals surface area contributed by atoms with Crippen molar-refractivity contribution in [2.24, 2.45) is 0 Å². The van der Waals surface area contributed by atoms with E-state index < -0.39 is 0 Å². The molecule has 0 radical (unpaired) electrons. The molecule has 0 atom stereocenters. The van der Waals surface area contributed by atoms with Crippen LogP contribution in [0.1, 0.15) is 25.3 Å². The molecule has 2 heteroatoms. The van der Waals surface area contributed by atoms with E-state index in [0.29, 0.717) is 12.0 Å². The standard InChI is InChI=1S/C16H18O2/c1-2-3-9-14-15(17)11-10-13(16(14)18)12-7-5-4-6-8-12/h4-8,10-11,17-18H,2-3,9H2,1H3. The Morgan fingerprint density at radius 3 is 2.33 bits per heavy atom. The van der Waals surface area contributed by atoms with Crippen LogP contribution in [-0.2, 0) is 6.42 Å². The molecule has 18 heavy (non-hydrogen) atoms. The van der Waals surface area contributed by atoms with Gasteiger partial charge in [-0.3, -0.25) is 0 Å². The summed E-state index contributed by atoms with van der Waals surface area (Å²) in [5.41, 5.74) is 2.39. The van der Waals surface area contributed by atoms with Gasteiger partial charge in [0, 0.05) is 11.1 Å². The second-order valence-electron chi connectivity index (χ2n) is 4.43. The third-order valence-electron chi connectivity index (χ3n) is 3.12. The van der Waals surface area contributed by atoms with Crippen LogP contribution in [0.25, 0.3) is 11.1 Å². The van der Waals surface area contributed by atoms with Crippen LogP contribution in [-0.4, -0.2) is 10.2 Å². The van der Waals surface area contributed by atoms with Gasteiger partial charge in [0.1, 0.15) is 11.5 Å². The minimum absolute atomic E-state index is 0.181. The zero-order valence-electron chi connectivity index (χ0n) is 10.6. The molecule has 2 rings (SSSR count). The fourth-order valence-corrected chi connectivity index (χ4v) is 2.08. The SMILES string of the molecule is CCCCc1c(O)ccc(-c2ccccc2)c1O. The number of rotatable bonds is 4. The normalized spacial score (nSPS) is 10.5. The van der Waals surface area contributed by atoms with E-state index in [4.69, 9.17) is 0 Å². The predicted molar refractivity (Wildman–Crippen MR) is 73.8 cm³/mol. The molecule has 2 aromatic carbocycles. The van der Waals surface area contributed by atoms with E-state index in [2.05, 4.69) is 6.92 Å². The van der Waals surface area contributed by atoms with Gasteiger partial charge in [-0.05, 0) is 30.5 Å². The van der Waals surface area contributed by atoms with E-state index in [1.807, 2.05) is 30.3 Å². The Morgan fingerprint density at radius 2 is 1.67 bits per heavy atom. The van der Waals surface area contributed by atoms with Gasteiger partial charge in [-0.25, -0.2) is 0 Å². The lowest BCUT2D eigenvalue weighted by atomic mass is 9.98. The van der Waals surface area contributed by atoms with Crippen LogP contribution in [0.3, 0.4) is 0 Å². The highest BCUT2D eigenvalue weighted by Gasteiger charge is 2.12. The van der Waals surface area contributed by atoms with E-state index in [9.17, 15) is 10.2 Å². The molecule has 0 saturated heterocycles. The summed E-state index contributed by atoms with van der Waals surface area (Å²) in [4.78, 5) is 0. The Hall–Kier alpha value is -1.96. The lowest BCUT2D eigenvalue weighted by Gasteiger charge is -2.11. The third-order valence-corrected chi connectivity index (χ3v) is 3.12. The highest BCUT2D eigenvalue weighted by molar-refractivity contribution is 5.73.